The number of β-lactam (4-membered cyclic amide) rings is 1. The van der Waals surface area contributed by atoms with Crippen LogP contribution in [0.4, 0.5) is 4.79 Å². The van der Waals surface area contributed by atoms with E-state index in [1.165, 1.54) is 33.0 Å². The number of hydrogen-bond acceptors (Lipinski definition) is 10. The summed E-state index contributed by atoms with van der Waals surface area (Å²) in [5, 5.41) is 33.9. The molecule has 17 heteroatoms. The average molecular weight is 622 g/mol. The van der Waals surface area contributed by atoms with E-state index in [0.717, 1.165) is 24.6 Å². The highest BCUT2D eigenvalue weighted by atomic mass is 32.1. The smallest absolute Gasteiger partial charge is 0.315 e. The van der Waals surface area contributed by atoms with Gasteiger partial charge in [-0.05, 0) is 32.6 Å². The zero-order valence-corrected chi connectivity index (χ0v) is 25.3. The number of unbranched alkanes of at least 4 members (excludes halogenated alkanes) is 1. The van der Waals surface area contributed by atoms with Gasteiger partial charge in [0, 0.05) is 24.5 Å². The highest BCUT2D eigenvalue weighted by Gasteiger charge is 2.41. The van der Waals surface area contributed by atoms with Crippen LogP contribution in [0.2, 0.25) is 0 Å². The van der Waals surface area contributed by atoms with E-state index >= 15 is 0 Å². The second-order valence-corrected chi connectivity index (χ2v) is 10.4. The highest BCUT2D eigenvalue weighted by Crippen LogP contribution is 2.08. The molecular formula is C26H39N9O7S. The van der Waals surface area contributed by atoms with Crippen molar-refractivity contribution in [2.75, 3.05) is 13.2 Å². The molecule has 1 saturated heterocycles. The molecule has 5 amide bonds. The average Bonchev–Trinajstić information content (AvgIpc) is 2.94. The standard InChI is InChI=1S/C26H39N9O7S/c1-5-6-7-42-19-11-28-15(8-18(19)36)9-30-25(40)33-14(2)22(37)29-10-16-21(24(39)34-16)35-23(38)20(27)17(12-43)31-13-32-26(3,4)41/h8,11-14,16,21,27,41,43H,5-7,9-10H2,1-4H3,(H,28,36)(H,29,37)(H,31,32)(H,34,39)(H,35,38)(H2,30,33,40)/b17-12-,27-20?/t14-,16-,21+/m1/s1. The maximum Gasteiger partial charge on any atom is 0.315 e. The Morgan fingerprint density at radius 2 is 2.00 bits per heavy atom. The van der Waals surface area contributed by atoms with E-state index in [-0.39, 0.29) is 30.0 Å². The summed E-state index contributed by atoms with van der Waals surface area (Å²) >= 11 is 3.94. The van der Waals surface area contributed by atoms with E-state index in [0.29, 0.717) is 12.3 Å². The number of hydrogen-bond donors (Lipinski definition) is 10. The lowest BCUT2D eigenvalue weighted by molar-refractivity contribution is -0.135. The number of pyridine rings is 1. The Bertz CT molecular complexity index is 1310. The fourth-order valence-electron chi connectivity index (χ4n) is 3.42. The summed E-state index contributed by atoms with van der Waals surface area (Å²) in [6, 6.07) is -1.97. The Morgan fingerprint density at radius 3 is 2.60 bits per heavy atom. The van der Waals surface area contributed by atoms with Crippen molar-refractivity contribution in [3.8, 4) is 5.75 Å². The minimum absolute atomic E-state index is 0.000503. The molecule has 236 valence electrons. The van der Waals surface area contributed by atoms with E-state index in [1.807, 2.05) is 6.92 Å². The molecule has 1 aliphatic heterocycles. The van der Waals surface area contributed by atoms with Gasteiger partial charge in [0.1, 0.15) is 29.2 Å². The van der Waals surface area contributed by atoms with E-state index in [1.54, 1.807) is 0 Å². The van der Waals surface area contributed by atoms with Crippen LogP contribution in [0.25, 0.3) is 0 Å². The lowest BCUT2D eigenvalue weighted by Gasteiger charge is -2.37. The van der Waals surface area contributed by atoms with Crippen molar-refractivity contribution in [2.24, 2.45) is 4.99 Å². The second-order valence-electron chi connectivity index (χ2n) is 10.1. The fraction of sp³-hybridized carbons (Fsp3) is 0.500. The first-order valence-corrected chi connectivity index (χ1v) is 14.0. The number of aliphatic imine (C=N–C) groups is 1. The van der Waals surface area contributed by atoms with Crippen LogP contribution in [0.3, 0.4) is 0 Å². The van der Waals surface area contributed by atoms with E-state index < -0.39 is 53.3 Å². The van der Waals surface area contributed by atoms with Crippen LogP contribution in [0, 0.1) is 5.41 Å². The minimum Gasteiger partial charge on any atom is -0.488 e. The first kappa shape index (κ1) is 34.8. The minimum atomic E-state index is -1.27. The predicted octanol–water partition coefficient (Wildman–Crippen LogP) is -1.02. The lowest BCUT2D eigenvalue weighted by atomic mass is 9.98. The van der Waals surface area contributed by atoms with Gasteiger partial charge in [0.05, 0.1) is 25.5 Å². The number of thiol groups is 1. The Labute approximate surface area is 253 Å². The molecule has 0 unspecified atom stereocenters. The van der Waals surface area contributed by atoms with Gasteiger partial charge in [-0.25, -0.2) is 9.79 Å². The molecule has 16 nitrogen and oxygen atoms in total. The SMILES string of the molecule is CCCCOc1c[nH]c(CNC(=O)N[C@H](C)C(=O)NC[C@H]2NC(=O)[C@H]2NC(=O)C(=N)C(=C/S)/N=C/NC(C)(C)O)cc1=O. The Hall–Kier alpha value is -4.38. The third-order valence-corrected chi connectivity index (χ3v) is 6.14. The van der Waals surface area contributed by atoms with Crippen LogP contribution < -0.4 is 42.1 Å². The largest absolute Gasteiger partial charge is 0.488 e. The number of urea groups is 1. The molecule has 9 N–H and O–H groups in total. The molecule has 0 aliphatic carbocycles. The highest BCUT2D eigenvalue weighted by molar-refractivity contribution is 7.83. The van der Waals surface area contributed by atoms with Gasteiger partial charge >= 0.3 is 6.03 Å². The molecule has 2 rings (SSSR count). The Morgan fingerprint density at radius 1 is 1.28 bits per heavy atom. The maximum absolute atomic E-state index is 12.5. The Balaban J connectivity index is 1.79. The number of aliphatic hydroxyl groups is 1. The van der Waals surface area contributed by atoms with Gasteiger partial charge in [0.15, 0.2) is 5.75 Å². The molecule has 43 heavy (non-hydrogen) atoms. The molecule has 0 spiro atoms. The number of H-pyrrole nitrogens is 1. The number of ether oxygens (including phenoxy) is 1. The number of amides is 5. The van der Waals surface area contributed by atoms with Crippen molar-refractivity contribution in [3.63, 3.8) is 0 Å². The molecule has 1 fully saturated rings. The van der Waals surface area contributed by atoms with Gasteiger partial charge in [-0.1, -0.05) is 13.3 Å². The van der Waals surface area contributed by atoms with Gasteiger partial charge in [-0.2, -0.15) is 0 Å². The van der Waals surface area contributed by atoms with Crippen LogP contribution in [-0.2, 0) is 20.9 Å². The van der Waals surface area contributed by atoms with Crippen molar-refractivity contribution in [1.82, 2.24) is 36.9 Å². The van der Waals surface area contributed by atoms with Crippen molar-refractivity contribution >= 4 is 48.4 Å². The monoisotopic (exact) mass is 621 g/mol. The zero-order valence-electron chi connectivity index (χ0n) is 24.4. The van der Waals surface area contributed by atoms with E-state index in [9.17, 15) is 29.1 Å². The summed E-state index contributed by atoms with van der Waals surface area (Å²) in [6.45, 7) is 6.77. The Kier molecular flexibility index (Phi) is 13.2. The number of aromatic nitrogens is 1. The fourth-order valence-corrected chi connectivity index (χ4v) is 3.62. The molecule has 2 heterocycles. The van der Waals surface area contributed by atoms with Gasteiger partial charge in [0.25, 0.3) is 5.91 Å². The second kappa shape index (κ2) is 16.3. The van der Waals surface area contributed by atoms with E-state index in [4.69, 9.17) is 10.1 Å². The number of carbonyl (C=O) groups excluding carboxylic acids is 4. The van der Waals surface area contributed by atoms with Crippen molar-refractivity contribution < 1.29 is 29.0 Å². The summed E-state index contributed by atoms with van der Waals surface area (Å²) < 4.78 is 5.41. The molecular weight excluding hydrogens is 582 g/mol. The van der Waals surface area contributed by atoms with Crippen LogP contribution in [-0.4, -0.2) is 82.9 Å². The summed E-state index contributed by atoms with van der Waals surface area (Å²) in [4.78, 5) is 68.2. The van der Waals surface area contributed by atoms with Gasteiger partial charge in [-0.3, -0.25) is 24.6 Å². The quantitative estimate of drug-likeness (QED) is 0.0273. The molecule has 1 aliphatic rings. The third-order valence-electron chi connectivity index (χ3n) is 5.89. The number of aromatic amines is 1. The molecule has 3 atom stereocenters. The van der Waals surface area contributed by atoms with Crippen LogP contribution in [0.15, 0.2) is 33.2 Å². The summed E-state index contributed by atoms with van der Waals surface area (Å²) in [7, 11) is 0. The predicted molar refractivity (Wildman–Crippen MR) is 162 cm³/mol. The van der Waals surface area contributed by atoms with Gasteiger partial charge < -0.3 is 46.7 Å². The number of nitrogens with zero attached hydrogens (tertiary/aromatic N) is 1. The summed E-state index contributed by atoms with van der Waals surface area (Å²) in [5.41, 5.74) is -1.85. The number of carbonyl (C=O) groups is 4. The normalized spacial score (nSPS) is 17.3. The summed E-state index contributed by atoms with van der Waals surface area (Å²) in [6.07, 6.45) is 4.30. The van der Waals surface area contributed by atoms with Crippen molar-refractivity contribution in [1.29, 1.82) is 5.41 Å². The third kappa shape index (κ3) is 11.4. The first-order chi connectivity index (χ1) is 20.2. The zero-order chi connectivity index (χ0) is 32.2. The van der Waals surface area contributed by atoms with E-state index in [2.05, 4.69) is 54.5 Å². The molecule has 0 bridgehead atoms. The summed E-state index contributed by atoms with van der Waals surface area (Å²) in [5.74, 6) is -1.76. The van der Waals surface area contributed by atoms with Crippen LogP contribution in [0.1, 0.15) is 46.2 Å². The molecule has 0 aromatic carbocycles. The van der Waals surface area contributed by atoms with Gasteiger partial charge in [-0.15, -0.1) is 12.6 Å². The van der Waals surface area contributed by atoms with Crippen LogP contribution in [0.5, 0.6) is 5.75 Å². The molecule has 1 aromatic rings. The van der Waals surface area contributed by atoms with Crippen molar-refractivity contribution in [2.45, 2.75) is 70.9 Å². The van der Waals surface area contributed by atoms with Crippen LogP contribution >= 0.6 is 12.6 Å². The first-order valence-electron chi connectivity index (χ1n) is 13.5. The maximum atomic E-state index is 12.5. The number of nitrogens with one attached hydrogen (secondary N) is 8. The number of rotatable bonds is 16. The van der Waals surface area contributed by atoms with Gasteiger partial charge in [0.2, 0.25) is 17.2 Å². The van der Waals surface area contributed by atoms with Crippen molar-refractivity contribution in [3.05, 3.63) is 39.3 Å². The topological polar surface area (TPSA) is 239 Å². The lowest BCUT2D eigenvalue weighted by Crippen LogP contribution is -2.72. The molecule has 0 radical (unpaired) electrons. The molecule has 0 saturated carbocycles. The molecule has 1 aromatic heterocycles.